The lowest BCUT2D eigenvalue weighted by Crippen LogP contribution is -2.57. The van der Waals surface area contributed by atoms with Crippen LogP contribution in [0.2, 0.25) is 0 Å². The van der Waals surface area contributed by atoms with Crippen LogP contribution in [0.3, 0.4) is 0 Å². The Balaban J connectivity index is 1.44. The number of carbonyl (C=O) groups excluding carboxylic acids is 2. The normalized spacial score (nSPS) is 36.9. The zero-order chi connectivity index (χ0) is 27.7. The number of hydrogen-bond acceptors (Lipinski definition) is 7. The van der Waals surface area contributed by atoms with Crippen LogP contribution in [0.5, 0.6) is 11.5 Å². The highest BCUT2D eigenvalue weighted by atomic mass is 16.7. The maximum atomic E-state index is 11.9. The van der Waals surface area contributed by atoms with Crippen molar-refractivity contribution < 1.29 is 33.3 Å². The van der Waals surface area contributed by atoms with E-state index in [-0.39, 0.29) is 28.9 Å². The summed E-state index contributed by atoms with van der Waals surface area (Å²) in [5, 5.41) is 0. The molecule has 0 aromatic heterocycles. The fourth-order valence-electron chi connectivity index (χ4n) is 7.39. The Labute approximate surface area is 226 Å². The van der Waals surface area contributed by atoms with Crippen LogP contribution in [0.1, 0.15) is 98.1 Å². The van der Waals surface area contributed by atoms with E-state index in [1.807, 2.05) is 32.9 Å². The molecule has 7 nitrogen and oxygen atoms in total. The van der Waals surface area contributed by atoms with Gasteiger partial charge in [-0.2, -0.15) is 0 Å². The first kappa shape index (κ1) is 27.0. The van der Waals surface area contributed by atoms with E-state index in [2.05, 4.69) is 26.8 Å². The van der Waals surface area contributed by atoms with Crippen LogP contribution in [0, 0.1) is 17.8 Å². The van der Waals surface area contributed by atoms with Crippen molar-refractivity contribution in [3.63, 3.8) is 0 Å². The molecule has 0 amide bonds. The second-order valence-corrected chi connectivity index (χ2v) is 13.1. The third-order valence-electron chi connectivity index (χ3n) is 9.62. The van der Waals surface area contributed by atoms with Gasteiger partial charge in [-0.15, -0.1) is 0 Å². The minimum atomic E-state index is -0.885. The van der Waals surface area contributed by atoms with Crippen LogP contribution in [-0.2, 0) is 30.2 Å². The lowest BCUT2D eigenvalue weighted by molar-refractivity contribution is -0.311. The first-order valence-corrected chi connectivity index (χ1v) is 13.9. The molecule has 0 radical (unpaired) electrons. The Kier molecular flexibility index (Phi) is 6.22. The summed E-state index contributed by atoms with van der Waals surface area (Å²) in [5.41, 5.74) is 0.496. The minimum Gasteiger partial charge on any atom is -0.487 e. The molecule has 1 aromatic rings. The van der Waals surface area contributed by atoms with Gasteiger partial charge in [0.1, 0.15) is 34.6 Å². The Hall–Kier alpha value is -2.54. The van der Waals surface area contributed by atoms with E-state index in [1.54, 1.807) is 0 Å². The fraction of sp³-hybridized carbons (Fsp3) is 0.677. The predicted molar refractivity (Wildman–Crippen MR) is 142 cm³/mol. The number of fused-ring (bicyclic) bond motifs is 3. The molecule has 5 atom stereocenters. The average molecular weight is 527 g/mol. The molecule has 0 bridgehead atoms. The summed E-state index contributed by atoms with van der Waals surface area (Å²) in [5.74, 6) is 0.768. The van der Waals surface area contributed by atoms with Gasteiger partial charge in [0.05, 0.1) is 6.42 Å². The number of ether oxygens (including phenoxy) is 5. The average Bonchev–Trinajstić information content (AvgIpc) is 3.21. The smallest absolute Gasteiger partial charge is 0.308 e. The number of carbonyl (C=O) groups is 2. The van der Waals surface area contributed by atoms with Crippen molar-refractivity contribution in [2.75, 3.05) is 0 Å². The van der Waals surface area contributed by atoms with Crippen molar-refractivity contribution >= 4 is 11.9 Å². The van der Waals surface area contributed by atoms with E-state index in [0.29, 0.717) is 18.6 Å². The first-order valence-electron chi connectivity index (χ1n) is 13.9. The maximum Gasteiger partial charge on any atom is 0.308 e. The molecule has 2 fully saturated rings. The Morgan fingerprint density at radius 2 is 1.74 bits per heavy atom. The van der Waals surface area contributed by atoms with Crippen molar-refractivity contribution in [2.24, 2.45) is 10.8 Å². The number of allylic oxidation sites excluding steroid dienone is 1. The fourth-order valence-corrected chi connectivity index (χ4v) is 7.39. The lowest BCUT2D eigenvalue weighted by atomic mass is 9.60. The summed E-state index contributed by atoms with van der Waals surface area (Å²) in [7, 11) is 0. The zero-order valence-electron chi connectivity index (χ0n) is 24.1. The van der Waals surface area contributed by atoms with Crippen LogP contribution in [-0.4, -0.2) is 35.0 Å². The summed E-state index contributed by atoms with van der Waals surface area (Å²) in [6, 6.07) is 3.76. The van der Waals surface area contributed by atoms with Gasteiger partial charge in [0.25, 0.3) is 0 Å². The van der Waals surface area contributed by atoms with Gasteiger partial charge in [-0.25, -0.2) is 0 Å². The molecule has 38 heavy (non-hydrogen) atoms. The lowest BCUT2D eigenvalue weighted by Gasteiger charge is -2.55. The van der Waals surface area contributed by atoms with E-state index in [1.165, 1.54) is 13.8 Å². The van der Waals surface area contributed by atoms with Gasteiger partial charge in [0.2, 0.25) is 5.79 Å². The second kappa shape index (κ2) is 8.73. The molecule has 4 aliphatic rings. The topological polar surface area (TPSA) is 80.3 Å². The number of hydrogen-bond donors (Lipinski definition) is 0. The summed E-state index contributed by atoms with van der Waals surface area (Å²) in [6.07, 6.45) is 7.79. The number of benzene rings is 1. The Bertz CT molecular complexity index is 1200. The molecule has 1 unspecified atom stereocenters. The molecule has 208 valence electrons. The van der Waals surface area contributed by atoms with Gasteiger partial charge in [0, 0.05) is 31.1 Å². The van der Waals surface area contributed by atoms with E-state index < -0.39 is 17.0 Å². The summed E-state index contributed by atoms with van der Waals surface area (Å²) in [4.78, 5) is 23.4. The quantitative estimate of drug-likeness (QED) is 0.335. The molecule has 1 aliphatic carbocycles. The van der Waals surface area contributed by atoms with Crippen molar-refractivity contribution in [3.8, 4) is 11.5 Å². The van der Waals surface area contributed by atoms with Crippen LogP contribution in [0.4, 0.5) is 0 Å². The highest BCUT2D eigenvalue weighted by Gasteiger charge is 2.70. The molecule has 1 spiro atoms. The molecule has 1 saturated heterocycles. The third kappa shape index (κ3) is 4.31. The highest BCUT2D eigenvalue weighted by molar-refractivity contribution is 5.69. The van der Waals surface area contributed by atoms with E-state index in [4.69, 9.17) is 23.7 Å². The largest absolute Gasteiger partial charge is 0.487 e. The van der Waals surface area contributed by atoms with Crippen molar-refractivity contribution in [3.05, 3.63) is 35.1 Å². The number of aryl methyl sites for hydroxylation is 2. The molecule has 5 rings (SSSR count). The van der Waals surface area contributed by atoms with Gasteiger partial charge < -0.3 is 23.7 Å². The Morgan fingerprint density at radius 3 is 2.42 bits per heavy atom. The maximum absolute atomic E-state index is 11.9. The van der Waals surface area contributed by atoms with Gasteiger partial charge in [-0.3, -0.25) is 9.59 Å². The van der Waals surface area contributed by atoms with E-state index in [9.17, 15) is 9.59 Å². The Morgan fingerprint density at radius 1 is 1.00 bits per heavy atom. The molecule has 3 aliphatic heterocycles. The molecule has 7 heteroatoms. The number of esters is 2. The van der Waals surface area contributed by atoms with Gasteiger partial charge in [-0.05, 0) is 82.7 Å². The summed E-state index contributed by atoms with van der Waals surface area (Å²) >= 11 is 0. The SMILES string of the molecule is CC(=O)Oc1cc(C)c2c(c1)CC[C@@](C)(CC1=C[C@@]3(C)CCC[C@@]3(C)[C@]3(CC(OC(C)=O)C(C)(C)O3)O1)O2. The molecule has 0 N–H and O–H groups in total. The summed E-state index contributed by atoms with van der Waals surface area (Å²) < 4.78 is 31.5. The standard InChI is InChI=1S/C31H42O7/c1-19-14-23(34-20(2)32)15-22-10-13-29(7,37-26(19)22)17-24-16-28(6)11-9-12-30(28,8)31(36-24)18-25(35-21(3)33)27(4,5)38-31/h14-16,25H,9-13,17-18H2,1-8H3/t25?,28-,29+,30-,31-/m1/s1. The molecular weight excluding hydrogens is 484 g/mol. The first-order chi connectivity index (χ1) is 17.6. The van der Waals surface area contributed by atoms with E-state index in [0.717, 1.165) is 54.7 Å². The zero-order valence-corrected chi connectivity index (χ0v) is 24.1. The van der Waals surface area contributed by atoms with Crippen molar-refractivity contribution in [2.45, 2.75) is 123 Å². The monoisotopic (exact) mass is 526 g/mol. The van der Waals surface area contributed by atoms with Crippen LogP contribution in [0.15, 0.2) is 24.0 Å². The van der Waals surface area contributed by atoms with E-state index >= 15 is 0 Å². The molecular formula is C31H42O7. The summed E-state index contributed by atoms with van der Waals surface area (Å²) in [6.45, 7) is 15.6. The minimum absolute atomic E-state index is 0.112. The molecule has 1 aromatic carbocycles. The van der Waals surface area contributed by atoms with Crippen LogP contribution < -0.4 is 9.47 Å². The van der Waals surface area contributed by atoms with Gasteiger partial charge >= 0.3 is 11.9 Å². The second-order valence-electron chi connectivity index (χ2n) is 13.1. The predicted octanol–water partition coefficient (Wildman–Crippen LogP) is 6.33. The van der Waals surface area contributed by atoms with Gasteiger partial charge in [0.15, 0.2) is 0 Å². The van der Waals surface area contributed by atoms with Crippen LogP contribution >= 0.6 is 0 Å². The molecule has 3 heterocycles. The van der Waals surface area contributed by atoms with Crippen molar-refractivity contribution in [1.82, 2.24) is 0 Å². The molecule has 1 saturated carbocycles. The number of rotatable bonds is 4. The third-order valence-corrected chi connectivity index (χ3v) is 9.62. The van der Waals surface area contributed by atoms with Crippen LogP contribution in [0.25, 0.3) is 0 Å². The van der Waals surface area contributed by atoms with Gasteiger partial charge in [-0.1, -0.05) is 20.3 Å². The van der Waals surface area contributed by atoms with Crippen molar-refractivity contribution in [1.29, 1.82) is 0 Å². The highest BCUT2D eigenvalue weighted by Crippen LogP contribution is 2.67.